The number of anilines is 1. The molecule has 2 heterocycles. The zero-order valence-electron chi connectivity index (χ0n) is 17.5. The van der Waals surface area contributed by atoms with Gasteiger partial charge in [0.05, 0.1) is 10.7 Å². The summed E-state index contributed by atoms with van der Waals surface area (Å²) in [5, 5.41) is 9.33. The molecule has 1 aromatic carbocycles. The molecule has 1 aromatic heterocycles. The Bertz CT molecular complexity index is 927. The van der Waals surface area contributed by atoms with Crippen LogP contribution in [0.5, 0.6) is 0 Å². The largest absolute Gasteiger partial charge is 0.375 e. The Labute approximate surface area is 186 Å². The van der Waals surface area contributed by atoms with E-state index in [1.54, 1.807) is 4.90 Å². The highest BCUT2D eigenvalue weighted by Gasteiger charge is 2.35. The average Bonchev–Trinajstić information content (AvgIpc) is 3.63. The molecule has 0 unspecified atom stereocenters. The highest BCUT2D eigenvalue weighted by Crippen LogP contribution is 2.28. The van der Waals surface area contributed by atoms with Crippen molar-refractivity contribution in [1.82, 2.24) is 20.0 Å². The lowest BCUT2D eigenvalue weighted by Crippen LogP contribution is -2.52. The number of hydrogen-bond acceptors (Lipinski definition) is 6. The first-order valence-electron chi connectivity index (χ1n) is 10.5. The van der Waals surface area contributed by atoms with Crippen molar-refractivity contribution in [3.8, 4) is 11.3 Å². The fourth-order valence-corrected chi connectivity index (χ4v) is 3.98. The number of carbonyl (C=O) groups excluding carboxylic acids is 2. The molecule has 2 fully saturated rings. The minimum Gasteiger partial charge on any atom is -0.375 e. The van der Waals surface area contributed by atoms with Crippen LogP contribution >= 0.6 is 11.6 Å². The van der Waals surface area contributed by atoms with E-state index in [-0.39, 0.29) is 31.0 Å². The van der Waals surface area contributed by atoms with Crippen LogP contribution in [0.25, 0.3) is 11.3 Å². The Kier molecular flexibility index (Phi) is 6.67. The second-order valence-corrected chi connectivity index (χ2v) is 8.22. The van der Waals surface area contributed by atoms with Gasteiger partial charge in [0, 0.05) is 44.9 Å². The summed E-state index contributed by atoms with van der Waals surface area (Å²) in [5.74, 6) is 0.639. The van der Waals surface area contributed by atoms with E-state index < -0.39 is 0 Å². The van der Waals surface area contributed by atoms with Gasteiger partial charge in [0.1, 0.15) is 13.2 Å². The van der Waals surface area contributed by atoms with Crippen LogP contribution in [0.3, 0.4) is 0 Å². The number of amides is 2. The number of nitrogens with zero attached hydrogens (tertiary/aromatic N) is 5. The molecule has 0 bridgehead atoms. The Hall–Kier alpha value is -2.71. The molecule has 4 rings (SSSR count). The van der Waals surface area contributed by atoms with E-state index >= 15 is 0 Å². The molecule has 1 saturated heterocycles. The first kappa shape index (κ1) is 21.5. The Morgan fingerprint density at radius 3 is 2.45 bits per heavy atom. The Balaban J connectivity index is 1.32. The molecule has 0 N–H and O–H groups in total. The SMILES string of the molecule is COCC(=O)N(CC(=O)N1CCN(c2ccc(-c3ccccc3Cl)nn2)CC1)C1CC1. The zero-order valence-corrected chi connectivity index (χ0v) is 18.3. The van der Waals surface area contributed by atoms with E-state index in [0.717, 1.165) is 29.9 Å². The van der Waals surface area contributed by atoms with E-state index in [1.807, 2.05) is 41.3 Å². The predicted molar refractivity (Wildman–Crippen MR) is 118 cm³/mol. The summed E-state index contributed by atoms with van der Waals surface area (Å²) in [7, 11) is 1.49. The molecule has 164 valence electrons. The third kappa shape index (κ3) is 5.14. The molecule has 2 amide bonds. The van der Waals surface area contributed by atoms with E-state index in [1.165, 1.54) is 7.11 Å². The van der Waals surface area contributed by atoms with Crippen LogP contribution in [0.15, 0.2) is 36.4 Å². The zero-order chi connectivity index (χ0) is 21.8. The fourth-order valence-electron chi connectivity index (χ4n) is 3.75. The number of benzene rings is 1. The highest BCUT2D eigenvalue weighted by molar-refractivity contribution is 6.33. The molecule has 2 aromatic rings. The van der Waals surface area contributed by atoms with Crippen LogP contribution in [0.4, 0.5) is 5.82 Å². The second kappa shape index (κ2) is 9.62. The highest BCUT2D eigenvalue weighted by atomic mass is 35.5. The quantitative estimate of drug-likeness (QED) is 0.652. The van der Waals surface area contributed by atoms with Gasteiger partial charge in [-0.15, -0.1) is 10.2 Å². The summed E-state index contributed by atoms with van der Waals surface area (Å²) in [6.45, 7) is 2.65. The molecule has 2 aliphatic rings. The number of rotatable bonds is 7. The molecule has 0 radical (unpaired) electrons. The van der Waals surface area contributed by atoms with Crippen LogP contribution in [0, 0.1) is 0 Å². The van der Waals surface area contributed by atoms with Crippen LogP contribution in [-0.4, -0.2) is 84.3 Å². The normalized spacial score (nSPS) is 16.3. The van der Waals surface area contributed by atoms with Crippen molar-refractivity contribution in [2.45, 2.75) is 18.9 Å². The predicted octanol–water partition coefficient (Wildman–Crippen LogP) is 2.08. The minimum atomic E-state index is -0.120. The number of piperazine rings is 1. The molecule has 9 heteroatoms. The smallest absolute Gasteiger partial charge is 0.249 e. The van der Waals surface area contributed by atoms with Gasteiger partial charge in [-0.25, -0.2) is 0 Å². The third-order valence-corrected chi connectivity index (χ3v) is 5.97. The van der Waals surface area contributed by atoms with Gasteiger partial charge < -0.3 is 19.4 Å². The van der Waals surface area contributed by atoms with Crippen LogP contribution in [-0.2, 0) is 14.3 Å². The molecule has 31 heavy (non-hydrogen) atoms. The Morgan fingerprint density at radius 1 is 1.10 bits per heavy atom. The summed E-state index contributed by atoms with van der Waals surface area (Å²) in [6, 6.07) is 11.6. The van der Waals surface area contributed by atoms with Crippen molar-refractivity contribution < 1.29 is 14.3 Å². The number of hydrogen-bond donors (Lipinski definition) is 0. The molecular formula is C22H26ClN5O3. The summed E-state index contributed by atoms with van der Waals surface area (Å²) in [6.07, 6.45) is 1.92. The minimum absolute atomic E-state index is 0.0143. The van der Waals surface area contributed by atoms with E-state index in [9.17, 15) is 9.59 Å². The first-order valence-corrected chi connectivity index (χ1v) is 10.8. The molecule has 1 aliphatic heterocycles. The lowest BCUT2D eigenvalue weighted by Gasteiger charge is -2.36. The van der Waals surface area contributed by atoms with E-state index in [2.05, 4.69) is 15.1 Å². The number of ether oxygens (including phenoxy) is 1. The van der Waals surface area contributed by atoms with E-state index in [0.29, 0.717) is 31.2 Å². The molecule has 0 spiro atoms. The van der Waals surface area contributed by atoms with Gasteiger partial charge >= 0.3 is 0 Å². The lowest BCUT2D eigenvalue weighted by molar-refractivity contribution is -0.143. The maximum Gasteiger partial charge on any atom is 0.249 e. The van der Waals surface area contributed by atoms with Gasteiger partial charge in [-0.3, -0.25) is 9.59 Å². The van der Waals surface area contributed by atoms with Crippen molar-refractivity contribution in [3.63, 3.8) is 0 Å². The van der Waals surface area contributed by atoms with Crippen LogP contribution < -0.4 is 4.90 Å². The lowest BCUT2D eigenvalue weighted by atomic mass is 10.1. The molecular weight excluding hydrogens is 418 g/mol. The summed E-state index contributed by atoms with van der Waals surface area (Å²) < 4.78 is 4.95. The van der Waals surface area contributed by atoms with Gasteiger partial charge in [0.15, 0.2) is 5.82 Å². The Morgan fingerprint density at radius 2 is 1.84 bits per heavy atom. The van der Waals surface area contributed by atoms with Crippen molar-refractivity contribution in [2.75, 3.05) is 51.3 Å². The summed E-state index contributed by atoms with van der Waals surface area (Å²) in [5.41, 5.74) is 1.57. The van der Waals surface area contributed by atoms with Crippen molar-refractivity contribution in [2.24, 2.45) is 0 Å². The fraction of sp³-hybridized carbons (Fsp3) is 0.455. The van der Waals surface area contributed by atoms with Crippen molar-refractivity contribution in [1.29, 1.82) is 0 Å². The van der Waals surface area contributed by atoms with Gasteiger partial charge in [0.25, 0.3) is 0 Å². The molecule has 8 nitrogen and oxygen atoms in total. The molecule has 0 atom stereocenters. The number of carbonyl (C=O) groups is 2. The van der Waals surface area contributed by atoms with Gasteiger partial charge in [-0.1, -0.05) is 29.8 Å². The van der Waals surface area contributed by atoms with E-state index in [4.69, 9.17) is 16.3 Å². The first-order chi connectivity index (χ1) is 15.1. The topological polar surface area (TPSA) is 78.9 Å². The third-order valence-electron chi connectivity index (χ3n) is 5.64. The van der Waals surface area contributed by atoms with Gasteiger partial charge in [-0.05, 0) is 31.0 Å². The molecule has 1 aliphatic carbocycles. The average molecular weight is 444 g/mol. The number of aromatic nitrogens is 2. The number of halogens is 1. The van der Waals surface area contributed by atoms with Crippen LogP contribution in [0.2, 0.25) is 5.02 Å². The maximum atomic E-state index is 12.8. The monoisotopic (exact) mass is 443 g/mol. The summed E-state index contributed by atoms with van der Waals surface area (Å²) >= 11 is 6.24. The second-order valence-electron chi connectivity index (χ2n) is 7.81. The molecule has 1 saturated carbocycles. The maximum absolute atomic E-state index is 12.8. The van der Waals surface area contributed by atoms with Gasteiger partial charge in [-0.2, -0.15) is 0 Å². The standard InChI is InChI=1S/C22H26ClN5O3/c1-31-15-22(30)28(16-6-7-16)14-21(29)27-12-10-26(11-13-27)20-9-8-19(24-25-20)17-4-2-3-5-18(17)23/h2-5,8-9,16H,6-7,10-15H2,1H3. The van der Waals surface area contributed by atoms with Gasteiger partial charge in [0.2, 0.25) is 11.8 Å². The number of methoxy groups -OCH3 is 1. The van der Waals surface area contributed by atoms with Crippen LogP contribution in [0.1, 0.15) is 12.8 Å². The van der Waals surface area contributed by atoms with Crippen molar-refractivity contribution in [3.05, 3.63) is 41.4 Å². The van der Waals surface area contributed by atoms with Crippen molar-refractivity contribution >= 4 is 29.2 Å². The summed E-state index contributed by atoms with van der Waals surface area (Å²) in [4.78, 5) is 30.6.